The highest BCUT2D eigenvalue weighted by atomic mass is 35.5. The Kier molecular flexibility index (Phi) is 8.20. The van der Waals surface area contributed by atoms with Gasteiger partial charge in [0.05, 0.1) is 11.9 Å². The molecule has 2 aromatic rings. The molecule has 6 nitrogen and oxygen atoms in total. The summed E-state index contributed by atoms with van der Waals surface area (Å²) in [4.78, 5) is 15.4. The molecule has 3 rings (SSSR count). The van der Waals surface area contributed by atoms with E-state index in [1.165, 1.54) is 24.8 Å². The van der Waals surface area contributed by atoms with E-state index in [1.54, 1.807) is 25.1 Å². The van der Waals surface area contributed by atoms with E-state index < -0.39 is 16.1 Å². The minimum absolute atomic E-state index is 0.347. The highest BCUT2D eigenvalue weighted by Gasteiger charge is 2.29. The largest absolute Gasteiger partial charge is 0.350 e. The summed E-state index contributed by atoms with van der Waals surface area (Å²) in [6.07, 6.45) is 4.83. The Hall–Kier alpha value is -2.09. The number of piperidine rings is 1. The molecule has 8 heteroatoms. The third-order valence-corrected chi connectivity index (χ3v) is 7.56. The van der Waals surface area contributed by atoms with Crippen molar-refractivity contribution in [1.29, 1.82) is 0 Å². The first-order valence-corrected chi connectivity index (χ1v) is 13.2. The van der Waals surface area contributed by atoms with Crippen molar-refractivity contribution in [1.82, 2.24) is 10.2 Å². The Labute approximate surface area is 196 Å². The molecule has 1 saturated heterocycles. The quantitative estimate of drug-likeness (QED) is 0.621. The molecule has 32 heavy (non-hydrogen) atoms. The van der Waals surface area contributed by atoms with Crippen molar-refractivity contribution in [3.05, 3.63) is 64.2 Å². The van der Waals surface area contributed by atoms with E-state index >= 15 is 0 Å². The molecule has 1 aliphatic rings. The van der Waals surface area contributed by atoms with Crippen molar-refractivity contribution < 1.29 is 13.2 Å². The first kappa shape index (κ1) is 24.6. The number of hydrogen-bond acceptors (Lipinski definition) is 4. The number of halogens is 1. The molecule has 0 spiro atoms. The molecule has 2 aromatic carbocycles. The molecule has 0 aromatic heterocycles. The first-order chi connectivity index (χ1) is 15.2. The number of sulfonamides is 1. The Morgan fingerprint density at radius 2 is 1.78 bits per heavy atom. The van der Waals surface area contributed by atoms with E-state index in [1.807, 2.05) is 25.1 Å². The third-order valence-electron chi connectivity index (χ3n) is 5.91. The van der Waals surface area contributed by atoms with Crippen LogP contribution >= 0.6 is 11.6 Å². The van der Waals surface area contributed by atoms with Crippen LogP contribution in [0, 0.1) is 6.92 Å². The maximum atomic E-state index is 13.0. The number of hydrogen-bond donors (Lipinski definition) is 1. The summed E-state index contributed by atoms with van der Waals surface area (Å²) in [6, 6.07) is 12.2. The summed E-state index contributed by atoms with van der Waals surface area (Å²) in [5.74, 6) is -0.361. The normalized spacial score (nSPS) is 15.9. The smallest absolute Gasteiger partial charge is 0.243 e. The Morgan fingerprint density at radius 1 is 1.12 bits per heavy atom. The van der Waals surface area contributed by atoms with Gasteiger partial charge in [-0.2, -0.15) is 0 Å². The average Bonchev–Trinajstić information content (AvgIpc) is 2.75. The first-order valence-electron chi connectivity index (χ1n) is 11.0. The number of nitrogens with one attached hydrogen (secondary N) is 1. The zero-order valence-electron chi connectivity index (χ0n) is 19.0. The standard InChI is InChI=1S/C24H32ClN3O3S/c1-18-11-12-22(15-23(18)25)28(32(3,30)31)19(2)24(29)26-16-20-9-5-6-10-21(20)17-27-13-7-4-8-14-27/h5-6,9-12,15,19H,4,7-8,13-14,16-17H2,1-3H3,(H,26,29). The molecular formula is C24H32ClN3O3S. The molecule has 1 unspecified atom stereocenters. The van der Waals surface area contributed by atoms with E-state index in [9.17, 15) is 13.2 Å². The van der Waals surface area contributed by atoms with Crippen LogP contribution in [0.3, 0.4) is 0 Å². The molecule has 1 atom stereocenters. The number of anilines is 1. The summed E-state index contributed by atoms with van der Waals surface area (Å²) in [7, 11) is -3.69. The lowest BCUT2D eigenvalue weighted by Crippen LogP contribution is -2.47. The van der Waals surface area contributed by atoms with Gasteiger partial charge < -0.3 is 5.32 Å². The second-order valence-corrected chi connectivity index (χ2v) is 10.8. The lowest BCUT2D eigenvalue weighted by atomic mass is 10.0. The zero-order valence-corrected chi connectivity index (χ0v) is 20.5. The maximum absolute atomic E-state index is 13.0. The van der Waals surface area contributed by atoms with Crippen LogP contribution < -0.4 is 9.62 Å². The lowest BCUT2D eigenvalue weighted by Gasteiger charge is -2.29. The van der Waals surface area contributed by atoms with Gasteiger partial charge in [-0.1, -0.05) is 48.4 Å². The summed E-state index contributed by atoms with van der Waals surface area (Å²) in [5.41, 5.74) is 3.44. The Balaban J connectivity index is 1.72. The number of likely N-dealkylation sites (tertiary alicyclic amines) is 1. The molecule has 0 saturated carbocycles. The second kappa shape index (κ2) is 10.7. The number of rotatable bonds is 8. The van der Waals surface area contributed by atoms with Crippen molar-refractivity contribution in [2.24, 2.45) is 0 Å². The van der Waals surface area contributed by atoms with E-state index in [2.05, 4.69) is 16.3 Å². The number of carbonyl (C=O) groups excluding carboxylic acids is 1. The molecule has 0 radical (unpaired) electrons. The number of aryl methyl sites for hydroxylation is 1. The van der Waals surface area contributed by atoms with Gasteiger partial charge in [0.2, 0.25) is 15.9 Å². The third kappa shape index (κ3) is 6.24. The number of carbonyl (C=O) groups is 1. The topological polar surface area (TPSA) is 69.7 Å². The molecular weight excluding hydrogens is 446 g/mol. The van der Waals surface area contributed by atoms with Crippen LogP contribution in [-0.4, -0.2) is 44.6 Å². The molecule has 1 N–H and O–H groups in total. The SMILES string of the molecule is Cc1ccc(N(C(C)C(=O)NCc2ccccc2CN2CCCCC2)S(C)(=O)=O)cc1Cl. The van der Waals surface area contributed by atoms with Gasteiger partial charge in [-0.3, -0.25) is 14.0 Å². The number of benzene rings is 2. The lowest BCUT2D eigenvalue weighted by molar-refractivity contribution is -0.122. The van der Waals surface area contributed by atoms with Crippen molar-refractivity contribution in [3.8, 4) is 0 Å². The van der Waals surface area contributed by atoms with Crippen LogP contribution in [0.1, 0.15) is 42.9 Å². The van der Waals surface area contributed by atoms with Gasteiger partial charge in [-0.15, -0.1) is 0 Å². The monoisotopic (exact) mass is 477 g/mol. The highest BCUT2D eigenvalue weighted by molar-refractivity contribution is 7.92. The van der Waals surface area contributed by atoms with Crippen LogP contribution in [0.25, 0.3) is 0 Å². The van der Waals surface area contributed by atoms with Crippen molar-refractivity contribution in [2.75, 3.05) is 23.7 Å². The summed E-state index contributed by atoms with van der Waals surface area (Å²) in [6.45, 7) is 6.83. The van der Waals surface area contributed by atoms with Crippen molar-refractivity contribution >= 4 is 33.2 Å². The molecule has 1 fully saturated rings. The average molecular weight is 478 g/mol. The summed E-state index contributed by atoms with van der Waals surface area (Å²) >= 11 is 6.20. The van der Waals surface area contributed by atoms with Gasteiger partial charge in [0.1, 0.15) is 6.04 Å². The van der Waals surface area contributed by atoms with Crippen LogP contribution in [0.4, 0.5) is 5.69 Å². The van der Waals surface area contributed by atoms with Crippen LogP contribution in [-0.2, 0) is 27.9 Å². The highest BCUT2D eigenvalue weighted by Crippen LogP contribution is 2.27. The van der Waals surface area contributed by atoms with Crippen LogP contribution in [0.15, 0.2) is 42.5 Å². The fraction of sp³-hybridized carbons (Fsp3) is 0.458. The zero-order chi connectivity index (χ0) is 23.3. The van der Waals surface area contributed by atoms with Gasteiger partial charge in [0.15, 0.2) is 0 Å². The van der Waals surface area contributed by atoms with Crippen molar-refractivity contribution in [2.45, 2.75) is 52.2 Å². The van der Waals surface area contributed by atoms with E-state index in [4.69, 9.17) is 11.6 Å². The minimum atomic E-state index is -3.69. The molecule has 0 aliphatic carbocycles. The van der Waals surface area contributed by atoms with Gasteiger partial charge in [0.25, 0.3) is 0 Å². The molecule has 174 valence electrons. The summed E-state index contributed by atoms with van der Waals surface area (Å²) in [5, 5.41) is 3.38. The molecule has 1 heterocycles. The van der Waals surface area contributed by atoms with E-state index in [-0.39, 0.29) is 5.91 Å². The van der Waals surface area contributed by atoms with Crippen LogP contribution in [0.5, 0.6) is 0 Å². The van der Waals surface area contributed by atoms with Gasteiger partial charge in [-0.05, 0) is 68.6 Å². The van der Waals surface area contributed by atoms with Gasteiger partial charge in [0, 0.05) is 18.1 Å². The van der Waals surface area contributed by atoms with Gasteiger partial charge >= 0.3 is 0 Å². The van der Waals surface area contributed by atoms with Crippen molar-refractivity contribution in [3.63, 3.8) is 0 Å². The predicted octanol–water partition coefficient (Wildman–Crippen LogP) is 4.11. The predicted molar refractivity (Wildman–Crippen MR) is 130 cm³/mol. The second-order valence-electron chi connectivity index (χ2n) is 8.49. The number of amides is 1. The molecule has 1 aliphatic heterocycles. The number of nitrogens with zero attached hydrogens (tertiary/aromatic N) is 2. The minimum Gasteiger partial charge on any atom is -0.350 e. The van der Waals surface area contributed by atoms with E-state index in [0.29, 0.717) is 17.3 Å². The fourth-order valence-electron chi connectivity index (χ4n) is 4.10. The molecule has 0 bridgehead atoms. The van der Waals surface area contributed by atoms with E-state index in [0.717, 1.165) is 41.3 Å². The van der Waals surface area contributed by atoms with Crippen LogP contribution in [0.2, 0.25) is 5.02 Å². The Morgan fingerprint density at radius 3 is 2.41 bits per heavy atom. The fourth-order valence-corrected chi connectivity index (χ4v) is 5.44. The van der Waals surface area contributed by atoms with Gasteiger partial charge in [-0.25, -0.2) is 8.42 Å². The Bertz CT molecular complexity index is 1050. The molecule has 1 amide bonds. The maximum Gasteiger partial charge on any atom is 0.243 e. The summed E-state index contributed by atoms with van der Waals surface area (Å²) < 4.78 is 26.2.